The Balaban J connectivity index is 0.00000256. The van der Waals surface area contributed by atoms with E-state index in [0.29, 0.717) is 11.3 Å². The van der Waals surface area contributed by atoms with Crippen LogP contribution >= 0.6 is 0 Å². The van der Waals surface area contributed by atoms with E-state index < -0.39 is 11.1 Å². The third kappa shape index (κ3) is 2.90. The Labute approximate surface area is 103 Å². The quantitative estimate of drug-likeness (QED) is 0.756. The van der Waals surface area contributed by atoms with Gasteiger partial charge in [0.1, 0.15) is 5.60 Å². The van der Waals surface area contributed by atoms with Gasteiger partial charge in [0.25, 0.3) is 0 Å². The molecule has 98 valence electrons. The Bertz CT molecular complexity index is 381. The van der Waals surface area contributed by atoms with Crippen molar-refractivity contribution in [2.45, 2.75) is 39.3 Å². The molecule has 0 saturated heterocycles. The van der Waals surface area contributed by atoms with Crippen molar-refractivity contribution in [3.05, 3.63) is 23.8 Å². The van der Waals surface area contributed by atoms with Gasteiger partial charge in [-0.05, 0) is 38.5 Å². The molecule has 0 amide bonds. The smallest absolute Gasteiger partial charge is 0.160 e. The van der Waals surface area contributed by atoms with E-state index in [1.54, 1.807) is 32.9 Å². The van der Waals surface area contributed by atoms with Crippen LogP contribution in [0.15, 0.2) is 18.2 Å². The van der Waals surface area contributed by atoms with Crippen LogP contribution in [0.1, 0.15) is 33.8 Å². The van der Waals surface area contributed by atoms with Gasteiger partial charge in [-0.3, -0.25) is 0 Å². The molecule has 0 saturated carbocycles. The zero-order valence-electron chi connectivity index (χ0n) is 10.1. The van der Waals surface area contributed by atoms with Crippen molar-refractivity contribution in [1.82, 2.24) is 0 Å². The van der Waals surface area contributed by atoms with E-state index in [9.17, 15) is 10.2 Å². The molecule has 1 atom stereocenters. The van der Waals surface area contributed by atoms with Gasteiger partial charge >= 0.3 is 0 Å². The van der Waals surface area contributed by atoms with Crippen molar-refractivity contribution in [2.24, 2.45) is 5.73 Å². The highest BCUT2D eigenvalue weighted by Gasteiger charge is 2.38. The average Bonchev–Trinajstić information content (AvgIpc) is 2.16. The monoisotopic (exact) mass is 241 g/mol. The van der Waals surface area contributed by atoms with Gasteiger partial charge in [-0.2, -0.15) is 0 Å². The van der Waals surface area contributed by atoms with Gasteiger partial charge in [0, 0.05) is 5.54 Å². The topological polar surface area (TPSA) is 75.7 Å². The number of phenols is 1. The lowest BCUT2D eigenvalue weighted by atomic mass is 9.79. The van der Waals surface area contributed by atoms with Gasteiger partial charge in [-0.25, -0.2) is 0 Å². The molecule has 0 spiro atoms. The van der Waals surface area contributed by atoms with Crippen molar-refractivity contribution in [2.75, 3.05) is 7.11 Å². The Morgan fingerprint density at radius 1 is 1.24 bits per heavy atom. The first kappa shape index (κ1) is 15.7. The number of hydrogen-bond donors (Lipinski definition) is 3. The van der Waals surface area contributed by atoms with Crippen molar-refractivity contribution >= 4 is 0 Å². The summed E-state index contributed by atoms with van der Waals surface area (Å²) in [6.45, 7) is 5.12. The Kier molecular flexibility index (Phi) is 4.57. The highest BCUT2D eigenvalue weighted by molar-refractivity contribution is 5.44. The van der Waals surface area contributed by atoms with E-state index in [2.05, 4.69) is 0 Å². The second-order valence-electron chi connectivity index (χ2n) is 4.68. The fraction of sp³-hybridized carbons (Fsp3) is 0.538. The van der Waals surface area contributed by atoms with Crippen LogP contribution in [0.25, 0.3) is 0 Å². The summed E-state index contributed by atoms with van der Waals surface area (Å²) in [5, 5.41) is 19.8. The van der Waals surface area contributed by atoms with Crippen molar-refractivity contribution in [3.63, 3.8) is 0 Å². The predicted molar refractivity (Wildman–Crippen MR) is 69.2 cm³/mol. The molecule has 1 aromatic rings. The molecule has 0 heterocycles. The maximum atomic E-state index is 10.4. The molecular weight excluding hydrogens is 218 g/mol. The molecule has 1 rings (SSSR count). The first-order chi connectivity index (χ1) is 7.20. The largest absolute Gasteiger partial charge is 0.504 e. The van der Waals surface area contributed by atoms with Gasteiger partial charge in [0.2, 0.25) is 0 Å². The van der Waals surface area contributed by atoms with Crippen LogP contribution in [0.4, 0.5) is 0 Å². The van der Waals surface area contributed by atoms with Gasteiger partial charge < -0.3 is 20.7 Å². The lowest BCUT2D eigenvalue weighted by Gasteiger charge is -2.37. The first-order valence-corrected chi connectivity index (χ1v) is 5.09. The zero-order valence-corrected chi connectivity index (χ0v) is 10.1. The summed E-state index contributed by atoms with van der Waals surface area (Å²) >= 11 is 0. The standard InChI is InChI=1S/C12H19NO3.CH4/c1-11(2,13)12(3,15)8-5-6-9(14)10(7-8)16-4;/h5-7,14-15H,13H2,1-4H3;1H4. The molecule has 0 fully saturated rings. The molecule has 17 heavy (non-hydrogen) atoms. The van der Waals surface area contributed by atoms with Crippen LogP contribution in [-0.4, -0.2) is 22.9 Å². The molecule has 4 nitrogen and oxygen atoms in total. The Morgan fingerprint density at radius 3 is 2.18 bits per heavy atom. The third-order valence-electron chi connectivity index (χ3n) is 3.00. The van der Waals surface area contributed by atoms with E-state index in [0.717, 1.165) is 0 Å². The van der Waals surface area contributed by atoms with Crippen molar-refractivity contribution in [3.8, 4) is 11.5 Å². The maximum Gasteiger partial charge on any atom is 0.160 e. The Morgan fingerprint density at radius 2 is 1.76 bits per heavy atom. The van der Waals surface area contributed by atoms with Crippen molar-refractivity contribution in [1.29, 1.82) is 0 Å². The molecule has 1 aromatic carbocycles. The predicted octanol–water partition coefficient (Wildman–Crippen LogP) is 1.98. The molecule has 0 bridgehead atoms. The molecule has 4 N–H and O–H groups in total. The molecule has 0 aliphatic rings. The van der Waals surface area contributed by atoms with E-state index >= 15 is 0 Å². The average molecular weight is 241 g/mol. The van der Waals surface area contributed by atoms with Crippen LogP contribution in [0.3, 0.4) is 0 Å². The summed E-state index contributed by atoms with van der Waals surface area (Å²) in [7, 11) is 1.46. The number of phenolic OH excluding ortho intramolecular Hbond substituents is 1. The number of methoxy groups -OCH3 is 1. The molecule has 4 heteroatoms. The number of hydrogen-bond acceptors (Lipinski definition) is 4. The number of aliphatic hydroxyl groups is 1. The van der Waals surface area contributed by atoms with Gasteiger partial charge in [0.15, 0.2) is 11.5 Å². The number of rotatable bonds is 3. The fourth-order valence-electron chi connectivity index (χ4n) is 1.35. The second-order valence-corrected chi connectivity index (χ2v) is 4.68. The van der Waals surface area contributed by atoms with E-state index in [1.165, 1.54) is 13.2 Å². The van der Waals surface area contributed by atoms with Crippen LogP contribution in [-0.2, 0) is 5.60 Å². The van der Waals surface area contributed by atoms with E-state index in [-0.39, 0.29) is 13.2 Å². The zero-order chi connectivity index (χ0) is 12.6. The second kappa shape index (κ2) is 4.94. The van der Waals surface area contributed by atoms with Gasteiger partial charge in [-0.15, -0.1) is 0 Å². The van der Waals surface area contributed by atoms with Gasteiger partial charge in [0.05, 0.1) is 7.11 Å². The summed E-state index contributed by atoms with van der Waals surface area (Å²) in [5.74, 6) is 0.360. The minimum atomic E-state index is -1.20. The van der Waals surface area contributed by atoms with Crippen molar-refractivity contribution < 1.29 is 14.9 Å². The fourth-order valence-corrected chi connectivity index (χ4v) is 1.35. The van der Waals surface area contributed by atoms with E-state index in [1.807, 2.05) is 0 Å². The SMILES string of the molecule is C.COc1cc(C(C)(O)C(C)(C)N)ccc1O. The third-order valence-corrected chi connectivity index (χ3v) is 3.00. The lowest BCUT2D eigenvalue weighted by molar-refractivity contribution is -0.00888. The molecule has 0 aliphatic carbocycles. The summed E-state index contributed by atoms with van der Waals surface area (Å²) in [4.78, 5) is 0. The molecule has 1 unspecified atom stereocenters. The Hall–Kier alpha value is -1.26. The number of benzene rings is 1. The summed E-state index contributed by atoms with van der Waals surface area (Å²) in [6, 6.07) is 4.70. The summed E-state index contributed by atoms with van der Waals surface area (Å²) in [6.07, 6.45) is 0. The summed E-state index contributed by atoms with van der Waals surface area (Å²) in [5.41, 5.74) is 4.53. The van der Waals surface area contributed by atoms with Crippen LogP contribution in [0.2, 0.25) is 0 Å². The number of ether oxygens (including phenoxy) is 1. The molecule has 0 aliphatic heterocycles. The minimum absolute atomic E-state index is 0. The summed E-state index contributed by atoms with van der Waals surface area (Å²) < 4.78 is 4.99. The first-order valence-electron chi connectivity index (χ1n) is 5.09. The molecular formula is C13H23NO3. The highest BCUT2D eigenvalue weighted by Crippen LogP contribution is 2.35. The number of aromatic hydroxyl groups is 1. The van der Waals surface area contributed by atoms with Crippen LogP contribution in [0.5, 0.6) is 11.5 Å². The van der Waals surface area contributed by atoms with Crippen LogP contribution < -0.4 is 10.5 Å². The maximum absolute atomic E-state index is 10.4. The number of nitrogens with two attached hydrogens (primary N) is 1. The van der Waals surface area contributed by atoms with Gasteiger partial charge in [-0.1, -0.05) is 13.5 Å². The molecule has 0 aromatic heterocycles. The lowest BCUT2D eigenvalue weighted by Crippen LogP contribution is -2.52. The van der Waals surface area contributed by atoms with E-state index in [4.69, 9.17) is 10.5 Å². The highest BCUT2D eigenvalue weighted by atomic mass is 16.5. The van der Waals surface area contributed by atoms with Crippen LogP contribution in [0, 0.1) is 0 Å². The normalized spacial score (nSPS) is 14.7. The minimum Gasteiger partial charge on any atom is -0.504 e. The molecule has 0 radical (unpaired) electrons.